The maximum atomic E-state index is 12.0. The minimum Gasteiger partial charge on any atom is -0.494 e. The lowest BCUT2D eigenvalue weighted by Gasteiger charge is -2.10. The number of anilines is 1. The molecule has 10 nitrogen and oxygen atoms in total. The molecule has 0 heterocycles. The molecule has 2 amide bonds. The van der Waals surface area contributed by atoms with E-state index >= 15 is 0 Å². The SMILES string of the molecule is CCOC(=O)COc1ccc(C=NNC(=O)CC(=O)Nc2ccc(OCC)cc2)cc1OC. The Balaban J connectivity index is 1.83. The van der Waals surface area contributed by atoms with E-state index in [-0.39, 0.29) is 13.2 Å². The molecule has 176 valence electrons. The molecule has 0 fully saturated rings. The Labute approximate surface area is 191 Å². The van der Waals surface area contributed by atoms with Crippen molar-refractivity contribution < 1.29 is 33.3 Å². The fourth-order valence-corrected chi connectivity index (χ4v) is 2.59. The van der Waals surface area contributed by atoms with Gasteiger partial charge in [-0.05, 0) is 61.9 Å². The summed E-state index contributed by atoms with van der Waals surface area (Å²) in [6.07, 6.45) is 0.994. The molecule has 0 aliphatic heterocycles. The standard InChI is InChI=1S/C23H27N3O7/c1-4-31-18-9-7-17(8-10-18)25-21(27)13-22(28)26-24-14-16-6-11-19(20(12-16)30-3)33-15-23(29)32-5-2/h6-12,14H,4-5,13,15H2,1-3H3,(H,25,27)(H,26,28). The van der Waals surface area contributed by atoms with Crippen molar-refractivity contribution in [2.75, 3.05) is 32.2 Å². The van der Waals surface area contributed by atoms with Crippen molar-refractivity contribution in [2.45, 2.75) is 20.3 Å². The Bertz CT molecular complexity index is 975. The molecule has 2 rings (SSSR count). The second-order valence-corrected chi connectivity index (χ2v) is 6.48. The monoisotopic (exact) mass is 457 g/mol. The molecule has 10 heteroatoms. The van der Waals surface area contributed by atoms with Crippen LogP contribution in [0.15, 0.2) is 47.6 Å². The largest absolute Gasteiger partial charge is 0.494 e. The summed E-state index contributed by atoms with van der Waals surface area (Å²) < 4.78 is 20.8. The van der Waals surface area contributed by atoms with Gasteiger partial charge in [0, 0.05) is 5.69 Å². The number of amides is 2. The molecule has 0 aliphatic carbocycles. The summed E-state index contributed by atoms with van der Waals surface area (Å²) in [5.41, 5.74) is 3.46. The first-order chi connectivity index (χ1) is 15.9. The Morgan fingerprint density at radius 1 is 0.939 bits per heavy atom. The molecule has 0 atom stereocenters. The molecular formula is C23H27N3O7. The second kappa shape index (κ2) is 13.4. The first kappa shape index (κ1) is 25.2. The lowest BCUT2D eigenvalue weighted by molar-refractivity contribution is -0.145. The normalized spacial score (nSPS) is 10.4. The zero-order valence-electron chi connectivity index (χ0n) is 18.8. The van der Waals surface area contributed by atoms with Crippen molar-refractivity contribution in [1.82, 2.24) is 5.43 Å². The number of rotatable bonds is 12. The lowest BCUT2D eigenvalue weighted by atomic mass is 10.2. The van der Waals surface area contributed by atoms with Crippen LogP contribution in [0.3, 0.4) is 0 Å². The number of carbonyl (C=O) groups excluding carboxylic acids is 3. The van der Waals surface area contributed by atoms with Gasteiger partial charge in [0.1, 0.15) is 12.2 Å². The predicted molar refractivity (Wildman–Crippen MR) is 122 cm³/mol. The van der Waals surface area contributed by atoms with E-state index in [9.17, 15) is 14.4 Å². The van der Waals surface area contributed by atoms with E-state index in [1.807, 2.05) is 6.92 Å². The quantitative estimate of drug-likeness (QED) is 0.217. The number of benzene rings is 2. The molecule has 2 aromatic carbocycles. The number of ether oxygens (including phenoxy) is 4. The average Bonchev–Trinajstić information content (AvgIpc) is 2.79. The van der Waals surface area contributed by atoms with Crippen LogP contribution in [0.25, 0.3) is 0 Å². The Kier molecular flexibility index (Phi) is 10.2. The van der Waals surface area contributed by atoms with Gasteiger partial charge in [0.2, 0.25) is 11.8 Å². The number of esters is 1. The summed E-state index contributed by atoms with van der Waals surface area (Å²) in [5, 5.41) is 6.47. The van der Waals surface area contributed by atoms with Gasteiger partial charge < -0.3 is 24.3 Å². The van der Waals surface area contributed by atoms with E-state index in [1.54, 1.807) is 49.4 Å². The zero-order valence-corrected chi connectivity index (χ0v) is 18.8. The van der Waals surface area contributed by atoms with Crippen molar-refractivity contribution in [2.24, 2.45) is 5.10 Å². The minimum atomic E-state index is -0.573. The molecule has 33 heavy (non-hydrogen) atoms. The van der Waals surface area contributed by atoms with Crippen molar-refractivity contribution in [3.8, 4) is 17.2 Å². The number of nitrogens with one attached hydrogen (secondary N) is 2. The van der Waals surface area contributed by atoms with Crippen molar-refractivity contribution in [3.05, 3.63) is 48.0 Å². The van der Waals surface area contributed by atoms with Crippen molar-refractivity contribution in [1.29, 1.82) is 0 Å². The molecule has 2 N–H and O–H groups in total. The van der Waals surface area contributed by atoms with Crippen LogP contribution in [-0.4, -0.2) is 50.9 Å². The molecular weight excluding hydrogens is 430 g/mol. The first-order valence-corrected chi connectivity index (χ1v) is 10.3. The third kappa shape index (κ3) is 8.90. The fourth-order valence-electron chi connectivity index (χ4n) is 2.59. The molecule has 0 spiro atoms. The third-order valence-corrected chi connectivity index (χ3v) is 4.01. The Morgan fingerprint density at radius 2 is 1.70 bits per heavy atom. The maximum Gasteiger partial charge on any atom is 0.344 e. The number of hydrogen-bond acceptors (Lipinski definition) is 8. The minimum absolute atomic E-state index is 0.244. The van der Waals surface area contributed by atoms with E-state index in [1.165, 1.54) is 13.3 Å². The first-order valence-electron chi connectivity index (χ1n) is 10.3. The summed E-state index contributed by atoms with van der Waals surface area (Å²) in [7, 11) is 1.46. The highest BCUT2D eigenvalue weighted by Gasteiger charge is 2.10. The van der Waals surface area contributed by atoms with Gasteiger partial charge in [-0.3, -0.25) is 9.59 Å². The average molecular weight is 457 g/mol. The third-order valence-electron chi connectivity index (χ3n) is 4.01. The number of nitrogens with zero attached hydrogens (tertiary/aromatic N) is 1. The van der Waals surface area contributed by atoms with E-state index in [4.69, 9.17) is 18.9 Å². The maximum absolute atomic E-state index is 12.0. The Morgan fingerprint density at radius 3 is 2.36 bits per heavy atom. The van der Waals surface area contributed by atoms with Gasteiger partial charge in [-0.15, -0.1) is 0 Å². The van der Waals surface area contributed by atoms with Gasteiger partial charge in [-0.25, -0.2) is 10.2 Å². The molecule has 0 aliphatic rings. The fraction of sp³-hybridized carbons (Fsp3) is 0.304. The van der Waals surface area contributed by atoms with Crippen LogP contribution in [0, 0.1) is 0 Å². The van der Waals surface area contributed by atoms with Crippen LogP contribution < -0.4 is 25.0 Å². The van der Waals surface area contributed by atoms with Gasteiger partial charge in [-0.2, -0.15) is 5.10 Å². The number of hydrazone groups is 1. The van der Waals surface area contributed by atoms with Gasteiger partial charge in [0.05, 0.1) is 26.5 Å². The van der Waals surface area contributed by atoms with Gasteiger partial charge in [-0.1, -0.05) is 0 Å². The summed E-state index contributed by atoms with van der Waals surface area (Å²) in [4.78, 5) is 35.4. The number of methoxy groups -OCH3 is 1. The van der Waals surface area contributed by atoms with Crippen molar-refractivity contribution >= 4 is 29.7 Å². The molecule has 0 aromatic heterocycles. The van der Waals surface area contributed by atoms with Crippen LogP contribution in [0.4, 0.5) is 5.69 Å². The van der Waals surface area contributed by atoms with Crippen LogP contribution in [0.1, 0.15) is 25.8 Å². The number of hydrogen-bond donors (Lipinski definition) is 2. The van der Waals surface area contributed by atoms with Crippen LogP contribution >= 0.6 is 0 Å². The van der Waals surface area contributed by atoms with Gasteiger partial charge >= 0.3 is 5.97 Å². The van der Waals surface area contributed by atoms with E-state index < -0.39 is 24.2 Å². The molecule has 0 saturated heterocycles. The highest BCUT2D eigenvalue weighted by atomic mass is 16.6. The number of carbonyl (C=O) groups is 3. The Hall–Kier alpha value is -4.08. The summed E-state index contributed by atoms with van der Waals surface area (Å²) in [6, 6.07) is 11.7. The van der Waals surface area contributed by atoms with Gasteiger partial charge in [0.15, 0.2) is 18.1 Å². The van der Waals surface area contributed by atoms with E-state index in [2.05, 4.69) is 15.8 Å². The highest BCUT2D eigenvalue weighted by Crippen LogP contribution is 2.27. The zero-order chi connectivity index (χ0) is 24.1. The van der Waals surface area contributed by atoms with Crippen LogP contribution in [0.2, 0.25) is 0 Å². The van der Waals surface area contributed by atoms with Crippen molar-refractivity contribution in [3.63, 3.8) is 0 Å². The summed E-state index contributed by atoms with van der Waals surface area (Å²) in [5.74, 6) is -0.105. The van der Waals surface area contributed by atoms with Crippen LogP contribution in [-0.2, 0) is 19.1 Å². The highest BCUT2D eigenvalue weighted by molar-refractivity contribution is 6.03. The predicted octanol–water partition coefficient (Wildman–Crippen LogP) is 2.51. The summed E-state index contributed by atoms with van der Waals surface area (Å²) in [6.45, 7) is 4.16. The second-order valence-electron chi connectivity index (χ2n) is 6.48. The molecule has 0 saturated carbocycles. The molecule has 2 aromatic rings. The molecule has 0 radical (unpaired) electrons. The van der Waals surface area contributed by atoms with E-state index in [0.29, 0.717) is 35.1 Å². The van der Waals surface area contributed by atoms with Crippen LogP contribution in [0.5, 0.6) is 17.2 Å². The van der Waals surface area contributed by atoms with E-state index in [0.717, 1.165) is 0 Å². The lowest BCUT2D eigenvalue weighted by Crippen LogP contribution is -2.24. The smallest absolute Gasteiger partial charge is 0.344 e. The topological polar surface area (TPSA) is 125 Å². The van der Waals surface area contributed by atoms with Gasteiger partial charge in [0.25, 0.3) is 0 Å². The molecule has 0 unspecified atom stereocenters. The summed E-state index contributed by atoms with van der Waals surface area (Å²) >= 11 is 0. The molecule has 0 bridgehead atoms.